The summed E-state index contributed by atoms with van der Waals surface area (Å²) in [6, 6.07) is 83.6. The highest BCUT2D eigenvalue weighted by Gasteiger charge is 2.18. The molecule has 0 spiro atoms. The number of nitrogens with zero attached hydrogens (tertiary/aromatic N) is 2. The molecule has 0 fully saturated rings. The lowest BCUT2D eigenvalue weighted by molar-refractivity contribution is 1.19. The largest absolute Gasteiger partial charge is 0.310 e. The van der Waals surface area contributed by atoms with Crippen LogP contribution in [0, 0.1) is 0 Å². The van der Waals surface area contributed by atoms with Crippen LogP contribution < -0.4 is 4.90 Å². The molecule has 0 bridgehead atoms. The van der Waals surface area contributed by atoms with Crippen molar-refractivity contribution in [2.24, 2.45) is 0 Å². The fourth-order valence-corrected chi connectivity index (χ4v) is 8.73. The van der Waals surface area contributed by atoms with Gasteiger partial charge < -0.3 is 9.47 Å². The fourth-order valence-electron chi connectivity index (χ4n) is 8.73. The first-order valence-corrected chi connectivity index (χ1v) is 19.9. The Morgan fingerprint density at radius 1 is 0.310 bits per heavy atom. The third kappa shape index (κ3) is 5.82. The van der Waals surface area contributed by atoms with Crippen LogP contribution in [0.2, 0.25) is 0 Å². The van der Waals surface area contributed by atoms with Crippen molar-refractivity contribution in [3.05, 3.63) is 231 Å². The van der Waals surface area contributed by atoms with Crippen molar-refractivity contribution < 1.29 is 0 Å². The molecule has 0 radical (unpaired) electrons. The average Bonchev–Trinajstić information content (AvgIpc) is 3.65. The minimum atomic E-state index is 1.10. The molecule has 0 saturated heterocycles. The number of aromatic nitrogens is 1. The van der Waals surface area contributed by atoms with Gasteiger partial charge in [0, 0.05) is 38.8 Å². The maximum Gasteiger partial charge on any atom is 0.0619 e. The summed E-state index contributed by atoms with van der Waals surface area (Å²) in [5.74, 6) is 0. The third-order valence-corrected chi connectivity index (χ3v) is 11.6. The van der Waals surface area contributed by atoms with Crippen LogP contribution in [0.3, 0.4) is 0 Å². The molecule has 11 aromatic rings. The monoisotopic (exact) mass is 738 g/mol. The number of hydrogen-bond acceptors (Lipinski definition) is 1. The van der Waals surface area contributed by atoms with E-state index in [-0.39, 0.29) is 0 Å². The van der Waals surface area contributed by atoms with Gasteiger partial charge in [0.05, 0.1) is 16.7 Å². The quantitative estimate of drug-likeness (QED) is 0.158. The smallest absolute Gasteiger partial charge is 0.0619 e. The van der Waals surface area contributed by atoms with E-state index in [0.717, 1.165) is 22.7 Å². The zero-order chi connectivity index (χ0) is 38.4. The molecular formula is C56H38N2. The Morgan fingerprint density at radius 2 is 0.845 bits per heavy atom. The molecule has 0 aliphatic heterocycles. The maximum absolute atomic E-state index is 2.42. The topological polar surface area (TPSA) is 8.17 Å². The van der Waals surface area contributed by atoms with E-state index >= 15 is 0 Å². The average molecular weight is 739 g/mol. The molecule has 0 aliphatic rings. The summed E-state index contributed by atoms with van der Waals surface area (Å²) in [6.07, 6.45) is 0. The number of rotatable bonds is 7. The van der Waals surface area contributed by atoms with Gasteiger partial charge in [0.2, 0.25) is 0 Å². The molecule has 2 nitrogen and oxygen atoms in total. The second-order valence-corrected chi connectivity index (χ2v) is 15.0. The van der Waals surface area contributed by atoms with Crippen LogP contribution in [0.15, 0.2) is 231 Å². The van der Waals surface area contributed by atoms with Gasteiger partial charge in [0.1, 0.15) is 0 Å². The Balaban J connectivity index is 0.974. The van der Waals surface area contributed by atoms with Gasteiger partial charge in [-0.15, -0.1) is 0 Å². The van der Waals surface area contributed by atoms with Crippen molar-refractivity contribution in [2.75, 3.05) is 4.90 Å². The van der Waals surface area contributed by atoms with Crippen LogP contribution in [0.5, 0.6) is 0 Å². The van der Waals surface area contributed by atoms with Crippen molar-refractivity contribution in [3.8, 4) is 39.1 Å². The van der Waals surface area contributed by atoms with E-state index in [4.69, 9.17) is 0 Å². The lowest BCUT2D eigenvalue weighted by Crippen LogP contribution is -2.11. The number of benzene rings is 10. The van der Waals surface area contributed by atoms with Crippen LogP contribution in [-0.2, 0) is 0 Å². The van der Waals surface area contributed by atoms with E-state index in [2.05, 4.69) is 240 Å². The van der Waals surface area contributed by atoms with Gasteiger partial charge in [-0.05, 0) is 98.6 Å². The predicted octanol–water partition coefficient (Wildman–Crippen LogP) is 15.6. The number of anilines is 3. The van der Waals surface area contributed by atoms with E-state index in [1.54, 1.807) is 0 Å². The van der Waals surface area contributed by atoms with E-state index in [9.17, 15) is 0 Å². The fraction of sp³-hybridized carbons (Fsp3) is 0. The first kappa shape index (κ1) is 33.6. The molecule has 0 N–H and O–H groups in total. The molecule has 0 saturated carbocycles. The summed E-state index contributed by atoms with van der Waals surface area (Å²) in [7, 11) is 0. The highest BCUT2D eigenvalue weighted by molar-refractivity contribution is 6.18. The van der Waals surface area contributed by atoms with Crippen LogP contribution in [0.25, 0.3) is 82.4 Å². The molecule has 0 amide bonds. The van der Waals surface area contributed by atoms with Gasteiger partial charge in [0.25, 0.3) is 0 Å². The first-order chi connectivity index (χ1) is 28.8. The van der Waals surface area contributed by atoms with Crippen LogP contribution in [-0.4, -0.2) is 4.57 Å². The minimum absolute atomic E-state index is 1.10. The van der Waals surface area contributed by atoms with Crippen LogP contribution in [0.1, 0.15) is 0 Å². The molecule has 10 aromatic carbocycles. The predicted molar refractivity (Wildman–Crippen MR) is 247 cm³/mol. The van der Waals surface area contributed by atoms with E-state index in [1.807, 2.05) is 0 Å². The molecule has 272 valence electrons. The summed E-state index contributed by atoms with van der Waals surface area (Å²) in [6.45, 7) is 0. The Bertz CT molecular complexity index is 3250. The zero-order valence-corrected chi connectivity index (χ0v) is 31.8. The highest BCUT2D eigenvalue weighted by atomic mass is 15.1. The van der Waals surface area contributed by atoms with Crippen LogP contribution in [0.4, 0.5) is 17.1 Å². The number of fused-ring (bicyclic) bond motifs is 6. The summed E-state index contributed by atoms with van der Waals surface area (Å²) in [5, 5.41) is 7.55. The molecule has 1 aromatic heterocycles. The number of hydrogen-bond donors (Lipinski definition) is 0. The van der Waals surface area contributed by atoms with E-state index < -0.39 is 0 Å². The van der Waals surface area contributed by atoms with Crippen LogP contribution >= 0.6 is 0 Å². The standard InChI is InChI=1S/C56H38N2/c1-2-13-43(14-3-1)50-17-8-10-20-54(50)57(48-33-28-42(29-34-48)46-23-22-39-12-4-5-16-45(39)38-46)47-31-24-40(25-32-47)41-26-35-49(36-27-41)58-55-21-11-9-19-52(55)53-37-30-44-15-6-7-18-51(44)56(53)58/h1-38H. The van der Waals surface area contributed by atoms with Crippen molar-refractivity contribution in [2.45, 2.75) is 0 Å². The summed E-state index contributed by atoms with van der Waals surface area (Å²) in [5.41, 5.74) is 14.1. The van der Waals surface area contributed by atoms with Gasteiger partial charge in [-0.3, -0.25) is 0 Å². The third-order valence-electron chi connectivity index (χ3n) is 11.6. The SMILES string of the molecule is c1ccc(-c2ccccc2N(c2ccc(-c3ccc(-n4c5ccccc5c5ccc6ccccc6c54)cc3)cc2)c2ccc(-c3ccc4ccccc4c3)cc2)cc1. The molecule has 0 atom stereocenters. The molecule has 11 rings (SSSR count). The van der Waals surface area contributed by atoms with Gasteiger partial charge in [0.15, 0.2) is 0 Å². The van der Waals surface area contributed by atoms with Crippen molar-refractivity contribution in [1.29, 1.82) is 0 Å². The van der Waals surface area contributed by atoms with Gasteiger partial charge in [-0.1, -0.05) is 176 Å². The molecular weight excluding hydrogens is 701 g/mol. The summed E-state index contributed by atoms with van der Waals surface area (Å²) >= 11 is 0. The maximum atomic E-state index is 2.42. The van der Waals surface area contributed by atoms with Crippen molar-refractivity contribution in [3.63, 3.8) is 0 Å². The van der Waals surface area contributed by atoms with Gasteiger partial charge in [-0.25, -0.2) is 0 Å². The normalized spacial score (nSPS) is 11.4. The molecule has 58 heavy (non-hydrogen) atoms. The molecule has 1 heterocycles. The Labute approximate surface area is 338 Å². The molecule has 0 aliphatic carbocycles. The Hall–Kier alpha value is -7.68. The second kappa shape index (κ2) is 14.1. The lowest BCUT2D eigenvalue weighted by atomic mass is 9.99. The van der Waals surface area contributed by atoms with E-state index in [0.29, 0.717) is 0 Å². The Morgan fingerprint density at radius 3 is 1.59 bits per heavy atom. The van der Waals surface area contributed by atoms with Gasteiger partial charge in [-0.2, -0.15) is 0 Å². The summed E-state index contributed by atoms with van der Waals surface area (Å²) < 4.78 is 2.42. The van der Waals surface area contributed by atoms with Gasteiger partial charge >= 0.3 is 0 Å². The Kier molecular flexibility index (Phi) is 8.19. The van der Waals surface area contributed by atoms with Crippen molar-refractivity contribution in [1.82, 2.24) is 4.57 Å². The lowest BCUT2D eigenvalue weighted by Gasteiger charge is -2.28. The minimum Gasteiger partial charge on any atom is -0.310 e. The number of para-hydroxylation sites is 2. The van der Waals surface area contributed by atoms with Crippen molar-refractivity contribution >= 4 is 60.4 Å². The summed E-state index contributed by atoms with van der Waals surface area (Å²) in [4.78, 5) is 2.38. The molecule has 0 unspecified atom stereocenters. The zero-order valence-electron chi connectivity index (χ0n) is 31.8. The molecule has 2 heteroatoms. The highest BCUT2D eigenvalue weighted by Crippen LogP contribution is 2.42. The first-order valence-electron chi connectivity index (χ1n) is 19.9. The second-order valence-electron chi connectivity index (χ2n) is 15.0. The van der Waals surface area contributed by atoms with E-state index in [1.165, 1.54) is 76.7 Å².